The van der Waals surface area contributed by atoms with Crippen LogP contribution < -0.4 is 9.47 Å². The molecule has 0 bridgehead atoms. The van der Waals surface area contributed by atoms with Crippen molar-refractivity contribution in [2.45, 2.75) is 24.7 Å². The molecule has 4 heteroatoms. The van der Waals surface area contributed by atoms with Gasteiger partial charge in [0.2, 0.25) is 0 Å². The molecular formula is C13H16O4. The lowest BCUT2D eigenvalue weighted by atomic mass is 9.64. The number of hydrogen-bond acceptors (Lipinski definition) is 3. The molecule has 4 nitrogen and oxygen atoms in total. The van der Waals surface area contributed by atoms with Crippen LogP contribution in [0.5, 0.6) is 11.5 Å². The lowest BCUT2D eigenvalue weighted by Crippen LogP contribution is -2.42. The molecule has 1 saturated carbocycles. The molecule has 0 amide bonds. The van der Waals surface area contributed by atoms with Crippen molar-refractivity contribution in [3.05, 3.63) is 23.8 Å². The van der Waals surface area contributed by atoms with E-state index in [-0.39, 0.29) is 0 Å². The Morgan fingerprint density at radius 1 is 1.18 bits per heavy atom. The molecule has 1 aliphatic rings. The summed E-state index contributed by atoms with van der Waals surface area (Å²) in [5.74, 6) is 0.498. The summed E-state index contributed by atoms with van der Waals surface area (Å²) in [6, 6.07) is 5.32. The Morgan fingerprint density at radius 3 is 2.00 bits per heavy atom. The number of benzene rings is 1. The van der Waals surface area contributed by atoms with Gasteiger partial charge in [0.15, 0.2) is 0 Å². The lowest BCUT2D eigenvalue weighted by Gasteiger charge is -2.38. The van der Waals surface area contributed by atoms with Gasteiger partial charge in [-0.15, -0.1) is 0 Å². The maximum Gasteiger partial charge on any atom is 0.314 e. The highest BCUT2D eigenvalue weighted by atomic mass is 16.5. The number of carboxylic acid groups (broad SMARTS) is 1. The van der Waals surface area contributed by atoms with Gasteiger partial charge < -0.3 is 14.6 Å². The van der Waals surface area contributed by atoms with E-state index in [1.165, 1.54) is 0 Å². The van der Waals surface area contributed by atoms with Gasteiger partial charge in [0.25, 0.3) is 0 Å². The van der Waals surface area contributed by atoms with E-state index in [4.69, 9.17) is 9.47 Å². The van der Waals surface area contributed by atoms with Crippen LogP contribution in [0, 0.1) is 0 Å². The topological polar surface area (TPSA) is 55.8 Å². The van der Waals surface area contributed by atoms with Gasteiger partial charge in [0, 0.05) is 6.07 Å². The van der Waals surface area contributed by atoms with Crippen molar-refractivity contribution in [3.8, 4) is 11.5 Å². The van der Waals surface area contributed by atoms with Crippen molar-refractivity contribution in [1.82, 2.24) is 0 Å². The summed E-state index contributed by atoms with van der Waals surface area (Å²) in [5.41, 5.74) is 0.0226. The van der Waals surface area contributed by atoms with Crippen LogP contribution in [0.2, 0.25) is 0 Å². The SMILES string of the molecule is COc1cc(OC)cc(C2(C(=O)O)CCC2)c1. The third-order valence-electron chi connectivity index (χ3n) is 3.52. The predicted molar refractivity (Wildman–Crippen MR) is 62.7 cm³/mol. The summed E-state index contributed by atoms with van der Waals surface area (Å²) in [5, 5.41) is 9.38. The molecule has 1 N–H and O–H groups in total. The molecule has 0 unspecified atom stereocenters. The van der Waals surface area contributed by atoms with E-state index in [1.54, 1.807) is 32.4 Å². The Balaban J connectivity index is 2.46. The number of methoxy groups -OCH3 is 2. The fraction of sp³-hybridized carbons (Fsp3) is 0.462. The summed E-state index contributed by atoms with van der Waals surface area (Å²) in [7, 11) is 3.12. The molecule has 92 valence electrons. The molecule has 1 aromatic rings. The van der Waals surface area contributed by atoms with Crippen LogP contribution in [0.15, 0.2) is 18.2 Å². The van der Waals surface area contributed by atoms with Gasteiger partial charge >= 0.3 is 5.97 Å². The zero-order valence-electron chi connectivity index (χ0n) is 10.0. The fourth-order valence-corrected chi connectivity index (χ4v) is 2.24. The lowest BCUT2D eigenvalue weighted by molar-refractivity contribution is -0.147. The van der Waals surface area contributed by atoms with Gasteiger partial charge in [-0.2, -0.15) is 0 Å². The van der Waals surface area contributed by atoms with E-state index in [1.807, 2.05) is 0 Å². The van der Waals surface area contributed by atoms with Crippen LogP contribution in [-0.2, 0) is 10.2 Å². The van der Waals surface area contributed by atoms with Crippen LogP contribution in [0.1, 0.15) is 24.8 Å². The maximum absolute atomic E-state index is 11.4. The first kappa shape index (κ1) is 11.8. The van der Waals surface area contributed by atoms with Gasteiger partial charge in [0.1, 0.15) is 11.5 Å². The van der Waals surface area contributed by atoms with Gasteiger partial charge in [0.05, 0.1) is 19.6 Å². The van der Waals surface area contributed by atoms with Crippen molar-refractivity contribution in [3.63, 3.8) is 0 Å². The predicted octanol–water partition coefficient (Wildman–Crippen LogP) is 2.21. The van der Waals surface area contributed by atoms with Crippen molar-refractivity contribution in [1.29, 1.82) is 0 Å². The average molecular weight is 236 g/mol. The van der Waals surface area contributed by atoms with E-state index in [9.17, 15) is 9.90 Å². The molecule has 1 aliphatic carbocycles. The summed E-state index contributed by atoms with van der Waals surface area (Å²) in [6.45, 7) is 0. The van der Waals surface area contributed by atoms with Crippen molar-refractivity contribution >= 4 is 5.97 Å². The van der Waals surface area contributed by atoms with Crippen LogP contribution in [0.3, 0.4) is 0 Å². The fourth-order valence-electron chi connectivity index (χ4n) is 2.24. The molecule has 17 heavy (non-hydrogen) atoms. The third-order valence-corrected chi connectivity index (χ3v) is 3.52. The zero-order chi connectivity index (χ0) is 12.5. The van der Waals surface area contributed by atoms with Crippen LogP contribution in [0.4, 0.5) is 0 Å². The quantitative estimate of drug-likeness (QED) is 0.870. The van der Waals surface area contributed by atoms with Crippen molar-refractivity contribution in [2.75, 3.05) is 14.2 Å². The first-order valence-corrected chi connectivity index (χ1v) is 5.59. The summed E-state index contributed by atoms with van der Waals surface area (Å²) in [6.07, 6.45) is 2.31. The largest absolute Gasteiger partial charge is 0.497 e. The highest BCUT2D eigenvalue weighted by Crippen LogP contribution is 2.45. The van der Waals surface area contributed by atoms with E-state index in [0.717, 1.165) is 12.0 Å². The number of hydrogen-bond donors (Lipinski definition) is 1. The van der Waals surface area contributed by atoms with E-state index >= 15 is 0 Å². The zero-order valence-corrected chi connectivity index (χ0v) is 10.0. The van der Waals surface area contributed by atoms with E-state index < -0.39 is 11.4 Å². The Morgan fingerprint density at radius 2 is 1.71 bits per heavy atom. The molecule has 2 rings (SSSR count). The summed E-state index contributed by atoms with van der Waals surface area (Å²) < 4.78 is 10.3. The third kappa shape index (κ3) is 1.84. The maximum atomic E-state index is 11.4. The van der Waals surface area contributed by atoms with Crippen LogP contribution in [0.25, 0.3) is 0 Å². The van der Waals surface area contributed by atoms with E-state index in [2.05, 4.69) is 0 Å². The number of carboxylic acids is 1. The molecule has 0 atom stereocenters. The average Bonchev–Trinajstić information content (AvgIpc) is 2.26. The molecule has 1 aromatic carbocycles. The Labute approximate surface area is 100 Å². The minimum atomic E-state index is -0.765. The molecular weight excluding hydrogens is 220 g/mol. The number of rotatable bonds is 4. The van der Waals surface area contributed by atoms with Crippen molar-refractivity contribution < 1.29 is 19.4 Å². The van der Waals surface area contributed by atoms with Gasteiger partial charge in [-0.3, -0.25) is 4.79 Å². The van der Waals surface area contributed by atoms with Gasteiger partial charge in [-0.05, 0) is 30.5 Å². The smallest absolute Gasteiger partial charge is 0.314 e. The molecule has 0 radical (unpaired) electrons. The standard InChI is InChI=1S/C13H16O4/c1-16-10-6-9(7-11(8-10)17-2)13(12(14)15)4-3-5-13/h6-8H,3-5H2,1-2H3,(H,14,15). The molecule has 0 saturated heterocycles. The highest BCUT2D eigenvalue weighted by Gasteiger charge is 2.46. The van der Waals surface area contributed by atoms with Crippen LogP contribution in [-0.4, -0.2) is 25.3 Å². The molecule has 1 fully saturated rings. The van der Waals surface area contributed by atoms with E-state index in [0.29, 0.717) is 24.3 Å². The normalized spacial score (nSPS) is 17.1. The molecule has 0 aliphatic heterocycles. The highest BCUT2D eigenvalue weighted by molar-refractivity contribution is 5.83. The minimum Gasteiger partial charge on any atom is -0.497 e. The second kappa shape index (κ2) is 4.28. The van der Waals surface area contributed by atoms with Crippen molar-refractivity contribution in [2.24, 2.45) is 0 Å². The second-order valence-electron chi connectivity index (χ2n) is 4.34. The monoisotopic (exact) mass is 236 g/mol. The Kier molecular flexibility index (Phi) is 2.96. The first-order valence-electron chi connectivity index (χ1n) is 5.59. The number of carbonyl (C=O) groups is 1. The summed E-state index contributed by atoms with van der Waals surface area (Å²) in [4.78, 5) is 11.4. The minimum absolute atomic E-state index is 0.631. The number of aliphatic carboxylic acids is 1. The number of ether oxygens (including phenoxy) is 2. The molecule has 0 aromatic heterocycles. The second-order valence-corrected chi connectivity index (χ2v) is 4.34. The summed E-state index contributed by atoms with van der Waals surface area (Å²) >= 11 is 0. The molecule has 0 heterocycles. The van der Waals surface area contributed by atoms with Gasteiger partial charge in [-0.1, -0.05) is 6.42 Å². The molecule has 0 spiro atoms. The Bertz CT molecular complexity index is 413. The Hall–Kier alpha value is -1.71. The van der Waals surface area contributed by atoms with Gasteiger partial charge in [-0.25, -0.2) is 0 Å². The van der Waals surface area contributed by atoms with Crippen LogP contribution >= 0.6 is 0 Å². The first-order chi connectivity index (χ1) is 8.12.